The lowest BCUT2D eigenvalue weighted by molar-refractivity contribution is -0.137. The van der Waals surface area contributed by atoms with Crippen molar-refractivity contribution in [2.24, 2.45) is 0 Å². The molecule has 3 rings (SSSR count). The number of hydrogen-bond donors (Lipinski definition) is 2. The Hall–Kier alpha value is -3.50. The molecule has 0 bridgehead atoms. The maximum Gasteiger partial charge on any atom is 0.416 e. The summed E-state index contributed by atoms with van der Waals surface area (Å²) in [6.45, 7) is -0.507. The van der Waals surface area contributed by atoms with Crippen LogP contribution in [0.2, 0.25) is 0 Å². The van der Waals surface area contributed by atoms with Crippen LogP contribution in [0.15, 0.2) is 49.1 Å². The first-order valence-electron chi connectivity index (χ1n) is 7.79. The first-order chi connectivity index (χ1) is 13.2. The predicted octanol–water partition coefficient (Wildman–Crippen LogP) is 3.61. The number of aromatic nitrogens is 3. The lowest BCUT2D eigenvalue weighted by atomic mass is 10.1. The molecule has 0 atom stereocenters. The fourth-order valence-electron chi connectivity index (χ4n) is 2.35. The van der Waals surface area contributed by atoms with Gasteiger partial charge in [0.25, 0.3) is 0 Å². The van der Waals surface area contributed by atoms with Gasteiger partial charge in [-0.05, 0) is 36.4 Å². The van der Waals surface area contributed by atoms with Gasteiger partial charge in [0.2, 0.25) is 5.91 Å². The van der Waals surface area contributed by atoms with Gasteiger partial charge >= 0.3 is 6.18 Å². The number of nitrogens with zero attached hydrogens (tertiary/aromatic N) is 3. The van der Waals surface area contributed by atoms with Gasteiger partial charge in [0, 0.05) is 0 Å². The fraction of sp³-hybridized carbons (Fsp3) is 0.118. The number of benzene rings is 2. The standard InChI is InChI=1S/C17H12F5N5O/c18-11-2-3-12(19)13(6-11)24-7-16(28)26-14-5-10(17(20,21)22)1-4-15(14)27-9-23-8-25-27/h1-6,8-9,24H,7H2,(H,26,28). The van der Waals surface area contributed by atoms with Crippen molar-refractivity contribution < 1.29 is 26.7 Å². The van der Waals surface area contributed by atoms with E-state index in [1.165, 1.54) is 17.3 Å². The molecule has 146 valence electrons. The van der Waals surface area contributed by atoms with Gasteiger partial charge in [-0.25, -0.2) is 18.4 Å². The van der Waals surface area contributed by atoms with Gasteiger partial charge in [0.05, 0.1) is 29.2 Å². The maximum absolute atomic E-state index is 13.6. The lowest BCUT2D eigenvalue weighted by Crippen LogP contribution is -2.23. The molecule has 1 aromatic heterocycles. The zero-order valence-corrected chi connectivity index (χ0v) is 14.0. The largest absolute Gasteiger partial charge is 0.416 e. The minimum Gasteiger partial charge on any atom is -0.374 e. The average Bonchev–Trinajstić information content (AvgIpc) is 3.16. The molecular weight excluding hydrogens is 385 g/mol. The van der Waals surface area contributed by atoms with Crippen molar-refractivity contribution in [1.82, 2.24) is 14.8 Å². The second kappa shape index (κ2) is 7.62. The summed E-state index contributed by atoms with van der Waals surface area (Å²) >= 11 is 0. The highest BCUT2D eigenvalue weighted by Crippen LogP contribution is 2.33. The summed E-state index contributed by atoms with van der Waals surface area (Å²) in [5.41, 5.74) is -1.26. The second-order valence-corrected chi connectivity index (χ2v) is 5.60. The first-order valence-corrected chi connectivity index (χ1v) is 7.79. The number of carbonyl (C=O) groups excluding carboxylic acids is 1. The molecule has 0 aliphatic rings. The van der Waals surface area contributed by atoms with Crippen molar-refractivity contribution in [3.8, 4) is 5.69 Å². The zero-order chi connectivity index (χ0) is 20.3. The maximum atomic E-state index is 13.6. The Kier molecular flexibility index (Phi) is 5.25. The van der Waals surface area contributed by atoms with Crippen LogP contribution in [0.4, 0.5) is 33.3 Å². The molecule has 0 aliphatic heterocycles. The van der Waals surface area contributed by atoms with Gasteiger partial charge < -0.3 is 10.6 Å². The summed E-state index contributed by atoms with van der Waals surface area (Å²) in [5, 5.41) is 8.53. The van der Waals surface area contributed by atoms with Crippen molar-refractivity contribution in [2.75, 3.05) is 17.2 Å². The molecule has 2 N–H and O–H groups in total. The topological polar surface area (TPSA) is 71.8 Å². The van der Waals surface area contributed by atoms with Crippen LogP contribution >= 0.6 is 0 Å². The smallest absolute Gasteiger partial charge is 0.374 e. The molecule has 0 spiro atoms. The van der Waals surface area contributed by atoms with E-state index in [9.17, 15) is 26.7 Å². The molecule has 0 fully saturated rings. The molecule has 11 heteroatoms. The van der Waals surface area contributed by atoms with Gasteiger partial charge in [-0.1, -0.05) is 0 Å². The van der Waals surface area contributed by atoms with Crippen molar-refractivity contribution in [3.63, 3.8) is 0 Å². The average molecular weight is 397 g/mol. The summed E-state index contributed by atoms with van der Waals surface area (Å²) in [7, 11) is 0. The van der Waals surface area contributed by atoms with E-state index >= 15 is 0 Å². The minimum absolute atomic E-state index is 0.149. The minimum atomic E-state index is -4.62. The Morgan fingerprint density at radius 2 is 1.86 bits per heavy atom. The van der Waals surface area contributed by atoms with Crippen LogP contribution in [0.25, 0.3) is 5.69 Å². The molecule has 0 saturated heterocycles. The van der Waals surface area contributed by atoms with Gasteiger partial charge in [-0.3, -0.25) is 4.79 Å². The molecule has 1 heterocycles. The van der Waals surface area contributed by atoms with E-state index in [2.05, 4.69) is 20.7 Å². The number of amides is 1. The second-order valence-electron chi connectivity index (χ2n) is 5.60. The van der Waals surface area contributed by atoms with E-state index in [1.54, 1.807) is 0 Å². The number of carbonyl (C=O) groups is 1. The Morgan fingerprint density at radius 3 is 2.54 bits per heavy atom. The predicted molar refractivity (Wildman–Crippen MR) is 89.8 cm³/mol. The SMILES string of the molecule is O=C(CNc1cc(F)ccc1F)Nc1cc(C(F)(F)F)ccc1-n1cncn1. The van der Waals surface area contributed by atoms with Gasteiger partial charge in [0.15, 0.2) is 0 Å². The van der Waals surface area contributed by atoms with Crippen LogP contribution in [0, 0.1) is 11.6 Å². The summed E-state index contributed by atoms with van der Waals surface area (Å²) in [5.74, 6) is -2.27. The monoisotopic (exact) mass is 397 g/mol. The van der Waals surface area contributed by atoms with Gasteiger partial charge in [-0.2, -0.15) is 18.3 Å². The third-order valence-corrected chi connectivity index (χ3v) is 3.63. The van der Waals surface area contributed by atoms with Crippen LogP contribution < -0.4 is 10.6 Å². The molecule has 0 unspecified atom stereocenters. The molecule has 28 heavy (non-hydrogen) atoms. The Labute approximate surface area is 155 Å². The van der Waals surface area contributed by atoms with Gasteiger partial charge in [-0.15, -0.1) is 0 Å². The number of alkyl halides is 3. The Morgan fingerprint density at radius 1 is 1.07 bits per heavy atom. The van der Waals surface area contributed by atoms with Crippen molar-refractivity contribution in [1.29, 1.82) is 0 Å². The molecule has 6 nitrogen and oxygen atoms in total. The van der Waals surface area contributed by atoms with Crippen LogP contribution in [0.1, 0.15) is 5.56 Å². The fourth-order valence-corrected chi connectivity index (χ4v) is 2.35. The highest BCUT2D eigenvalue weighted by molar-refractivity contribution is 5.95. The van der Waals surface area contributed by atoms with Crippen LogP contribution in [-0.4, -0.2) is 27.2 Å². The van der Waals surface area contributed by atoms with E-state index in [1.807, 2.05) is 0 Å². The van der Waals surface area contributed by atoms with E-state index in [4.69, 9.17) is 0 Å². The van der Waals surface area contributed by atoms with E-state index < -0.39 is 35.8 Å². The molecule has 0 radical (unpaired) electrons. The van der Waals surface area contributed by atoms with Crippen LogP contribution in [0.3, 0.4) is 0 Å². The van der Waals surface area contributed by atoms with Crippen molar-refractivity contribution in [3.05, 3.63) is 66.3 Å². The normalized spacial score (nSPS) is 11.3. The number of halogens is 5. The van der Waals surface area contributed by atoms with Crippen LogP contribution in [-0.2, 0) is 11.0 Å². The summed E-state index contributed by atoms with van der Waals surface area (Å²) < 4.78 is 66.9. The van der Waals surface area contributed by atoms with Crippen molar-refractivity contribution >= 4 is 17.3 Å². The summed E-state index contributed by atoms with van der Waals surface area (Å²) in [6, 6.07) is 5.37. The summed E-state index contributed by atoms with van der Waals surface area (Å²) in [4.78, 5) is 15.9. The van der Waals surface area contributed by atoms with E-state index in [-0.39, 0.29) is 17.1 Å². The Bertz CT molecular complexity index is 988. The number of rotatable bonds is 5. The number of hydrogen-bond acceptors (Lipinski definition) is 4. The molecule has 2 aromatic carbocycles. The molecule has 3 aromatic rings. The van der Waals surface area contributed by atoms with Gasteiger partial charge in [0.1, 0.15) is 24.3 Å². The zero-order valence-electron chi connectivity index (χ0n) is 14.0. The first kappa shape index (κ1) is 19.3. The van der Waals surface area contributed by atoms with Crippen LogP contribution in [0.5, 0.6) is 0 Å². The highest BCUT2D eigenvalue weighted by atomic mass is 19.4. The lowest BCUT2D eigenvalue weighted by Gasteiger charge is -2.15. The van der Waals surface area contributed by atoms with E-state index in [0.717, 1.165) is 36.4 Å². The third kappa shape index (κ3) is 4.42. The van der Waals surface area contributed by atoms with Crippen molar-refractivity contribution in [2.45, 2.75) is 6.18 Å². The summed E-state index contributed by atoms with van der Waals surface area (Å²) in [6.07, 6.45) is -2.19. The quantitative estimate of drug-likeness (QED) is 0.646. The Balaban J connectivity index is 1.81. The molecule has 0 saturated carbocycles. The van der Waals surface area contributed by atoms with E-state index in [0.29, 0.717) is 0 Å². The molecular formula is C17H12F5N5O. The third-order valence-electron chi connectivity index (χ3n) is 3.63. The number of nitrogens with one attached hydrogen (secondary N) is 2. The number of anilines is 2. The molecule has 0 aliphatic carbocycles. The molecule has 1 amide bonds. The highest BCUT2D eigenvalue weighted by Gasteiger charge is 2.31.